The lowest BCUT2D eigenvalue weighted by molar-refractivity contribution is -0.00684. The second kappa shape index (κ2) is 8.94. The Kier molecular flexibility index (Phi) is 6.40. The molecule has 2 aliphatic rings. The van der Waals surface area contributed by atoms with Crippen LogP contribution in [0.25, 0.3) is 0 Å². The van der Waals surface area contributed by atoms with Gasteiger partial charge in [0.25, 0.3) is 0 Å². The first-order chi connectivity index (χ1) is 15.3. The lowest BCUT2D eigenvalue weighted by Gasteiger charge is -2.41. The van der Waals surface area contributed by atoms with Crippen LogP contribution < -0.4 is 5.32 Å². The van der Waals surface area contributed by atoms with Crippen LogP contribution in [0, 0.1) is 16.7 Å². The molecule has 1 N–H and O–H groups in total. The van der Waals surface area contributed by atoms with Crippen molar-refractivity contribution in [3.05, 3.63) is 65.5 Å². The Balaban J connectivity index is 1.53. The van der Waals surface area contributed by atoms with Crippen molar-refractivity contribution < 1.29 is 4.74 Å². The predicted molar refractivity (Wildman–Crippen MR) is 127 cm³/mol. The van der Waals surface area contributed by atoms with E-state index >= 15 is 0 Å². The SMILES string of the molecule is CC(C)(NC[C@]1(C2CCCO2)CCN(C(C)(C)c2ccccn2)C1)c1ccc(C#N)cc1. The van der Waals surface area contributed by atoms with Crippen LogP contribution in [0.5, 0.6) is 0 Å². The maximum atomic E-state index is 9.12. The Hall–Kier alpha value is -2.26. The standard InChI is InChI=1S/C27H36N4O/c1-25(2,22-12-10-21(18-28)11-13-22)30-19-27(24-9-7-17-32-24)14-16-31(20-27)26(3,4)23-8-5-6-15-29-23/h5-6,8,10-13,15,24,30H,7,9,14,16-17,19-20H2,1-4H3/t24?,27-/m1/s1. The largest absolute Gasteiger partial charge is 0.378 e. The number of benzene rings is 1. The van der Waals surface area contributed by atoms with E-state index in [1.54, 1.807) is 0 Å². The van der Waals surface area contributed by atoms with Crippen LogP contribution in [-0.2, 0) is 15.8 Å². The van der Waals surface area contributed by atoms with Gasteiger partial charge in [-0.1, -0.05) is 18.2 Å². The molecule has 2 fully saturated rings. The van der Waals surface area contributed by atoms with Crippen molar-refractivity contribution in [2.75, 3.05) is 26.2 Å². The molecule has 0 radical (unpaired) electrons. The van der Waals surface area contributed by atoms with Gasteiger partial charge in [-0.05, 0) is 83.3 Å². The van der Waals surface area contributed by atoms with Gasteiger partial charge < -0.3 is 10.1 Å². The van der Waals surface area contributed by atoms with Crippen molar-refractivity contribution >= 4 is 0 Å². The van der Waals surface area contributed by atoms with Crippen molar-refractivity contribution in [2.45, 2.75) is 64.1 Å². The van der Waals surface area contributed by atoms with E-state index in [0.29, 0.717) is 5.56 Å². The molecule has 4 rings (SSSR count). The minimum atomic E-state index is -0.191. The topological polar surface area (TPSA) is 61.2 Å². The van der Waals surface area contributed by atoms with Gasteiger partial charge in [0.1, 0.15) is 0 Å². The molecule has 3 heterocycles. The molecule has 1 aromatic heterocycles. The van der Waals surface area contributed by atoms with Gasteiger partial charge in [-0.25, -0.2) is 0 Å². The molecule has 32 heavy (non-hydrogen) atoms. The maximum Gasteiger partial charge on any atom is 0.0991 e. The van der Waals surface area contributed by atoms with Gasteiger partial charge in [-0.3, -0.25) is 9.88 Å². The van der Waals surface area contributed by atoms with Crippen LogP contribution in [0.3, 0.4) is 0 Å². The molecule has 5 heteroatoms. The summed E-state index contributed by atoms with van der Waals surface area (Å²) in [6.07, 6.45) is 5.58. The van der Waals surface area contributed by atoms with Gasteiger partial charge in [0.2, 0.25) is 0 Å². The molecular weight excluding hydrogens is 396 g/mol. The molecule has 1 aromatic carbocycles. The summed E-state index contributed by atoms with van der Waals surface area (Å²) in [5.41, 5.74) is 2.78. The summed E-state index contributed by atoms with van der Waals surface area (Å²) in [5, 5.41) is 13.0. The maximum absolute atomic E-state index is 9.12. The third-order valence-electron chi connectivity index (χ3n) is 7.70. The molecule has 0 saturated carbocycles. The van der Waals surface area contributed by atoms with Gasteiger partial charge in [-0.2, -0.15) is 5.26 Å². The highest BCUT2D eigenvalue weighted by molar-refractivity contribution is 5.34. The smallest absolute Gasteiger partial charge is 0.0991 e. The number of nitrogens with zero attached hydrogens (tertiary/aromatic N) is 3. The first kappa shape index (κ1) is 22.9. The highest BCUT2D eigenvalue weighted by Gasteiger charge is 2.50. The summed E-state index contributed by atoms with van der Waals surface area (Å²) in [4.78, 5) is 7.26. The molecule has 2 saturated heterocycles. The molecule has 0 spiro atoms. The average Bonchev–Trinajstić information content (AvgIpc) is 3.50. The van der Waals surface area contributed by atoms with Crippen LogP contribution in [0.2, 0.25) is 0 Å². The minimum Gasteiger partial charge on any atom is -0.378 e. The number of aromatic nitrogens is 1. The molecule has 0 aliphatic carbocycles. The number of ether oxygens (including phenoxy) is 1. The van der Waals surface area contributed by atoms with E-state index in [4.69, 9.17) is 10.00 Å². The van der Waals surface area contributed by atoms with Crippen LogP contribution in [-0.4, -0.2) is 42.2 Å². The average molecular weight is 433 g/mol. The summed E-state index contributed by atoms with van der Waals surface area (Å²) in [6.45, 7) is 12.8. The van der Waals surface area contributed by atoms with E-state index in [2.05, 4.69) is 73.2 Å². The molecule has 0 bridgehead atoms. The molecule has 0 amide bonds. The molecular formula is C27H36N4O. The predicted octanol–water partition coefficient (Wildman–Crippen LogP) is 4.58. The fraction of sp³-hybridized carbons (Fsp3) is 0.556. The van der Waals surface area contributed by atoms with Crippen LogP contribution in [0.1, 0.15) is 63.8 Å². The Bertz CT molecular complexity index is 942. The number of likely N-dealkylation sites (tertiary alicyclic amines) is 1. The van der Waals surface area contributed by atoms with E-state index in [1.165, 1.54) is 5.56 Å². The van der Waals surface area contributed by atoms with Crippen molar-refractivity contribution in [3.8, 4) is 6.07 Å². The van der Waals surface area contributed by atoms with Crippen molar-refractivity contribution in [2.24, 2.45) is 5.41 Å². The highest BCUT2D eigenvalue weighted by atomic mass is 16.5. The van der Waals surface area contributed by atoms with Gasteiger partial charge in [-0.15, -0.1) is 0 Å². The zero-order valence-corrected chi connectivity index (χ0v) is 19.9. The zero-order valence-electron chi connectivity index (χ0n) is 19.9. The summed E-state index contributed by atoms with van der Waals surface area (Å²) in [5.74, 6) is 0. The quantitative estimate of drug-likeness (QED) is 0.694. The number of nitrogens with one attached hydrogen (secondary N) is 1. The fourth-order valence-corrected chi connectivity index (χ4v) is 5.30. The summed E-state index contributed by atoms with van der Waals surface area (Å²) < 4.78 is 6.29. The monoisotopic (exact) mass is 432 g/mol. The molecule has 170 valence electrons. The first-order valence-corrected chi connectivity index (χ1v) is 11.8. The Morgan fingerprint density at radius 3 is 2.59 bits per heavy atom. The molecule has 2 aliphatic heterocycles. The van der Waals surface area contributed by atoms with Gasteiger partial charge in [0, 0.05) is 36.8 Å². The minimum absolute atomic E-state index is 0.0758. The van der Waals surface area contributed by atoms with E-state index in [0.717, 1.165) is 51.2 Å². The van der Waals surface area contributed by atoms with Crippen LogP contribution in [0.4, 0.5) is 0 Å². The third kappa shape index (κ3) is 4.45. The first-order valence-electron chi connectivity index (χ1n) is 11.8. The molecule has 2 aromatic rings. The Morgan fingerprint density at radius 2 is 1.97 bits per heavy atom. The lowest BCUT2D eigenvalue weighted by atomic mass is 9.78. The zero-order chi connectivity index (χ0) is 22.8. The summed E-state index contributed by atoms with van der Waals surface area (Å²) >= 11 is 0. The van der Waals surface area contributed by atoms with E-state index in [1.807, 2.05) is 24.4 Å². The fourth-order valence-electron chi connectivity index (χ4n) is 5.30. The van der Waals surface area contributed by atoms with Crippen LogP contribution in [0.15, 0.2) is 48.7 Å². The van der Waals surface area contributed by atoms with Crippen LogP contribution >= 0.6 is 0 Å². The number of nitriles is 1. The Morgan fingerprint density at radius 1 is 1.19 bits per heavy atom. The third-order valence-corrected chi connectivity index (χ3v) is 7.70. The van der Waals surface area contributed by atoms with Gasteiger partial charge >= 0.3 is 0 Å². The summed E-state index contributed by atoms with van der Waals surface area (Å²) in [7, 11) is 0. The molecule has 5 nitrogen and oxygen atoms in total. The lowest BCUT2D eigenvalue weighted by Crippen LogP contribution is -2.51. The van der Waals surface area contributed by atoms with Gasteiger partial charge in [0.05, 0.1) is 29.0 Å². The number of pyridine rings is 1. The Labute approximate surface area is 192 Å². The van der Waals surface area contributed by atoms with E-state index in [-0.39, 0.29) is 22.6 Å². The second-order valence-corrected chi connectivity index (χ2v) is 10.5. The number of hydrogen-bond donors (Lipinski definition) is 1. The molecule has 1 unspecified atom stereocenters. The number of hydrogen-bond acceptors (Lipinski definition) is 5. The number of rotatable bonds is 7. The van der Waals surface area contributed by atoms with Crippen molar-refractivity contribution in [1.29, 1.82) is 5.26 Å². The second-order valence-electron chi connectivity index (χ2n) is 10.5. The normalized spacial score (nSPS) is 24.5. The summed E-state index contributed by atoms with van der Waals surface area (Å²) in [6, 6.07) is 16.3. The van der Waals surface area contributed by atoms with Gasteiger partial charge in [0.15, 0.2) is 0 Å². The molecule has 2 atom stereocenters. The van der Waals surface area contributed by atoms with Crippen molar-refractivity contribution in [3.63, 3.8) is 0 Å². The van der Waals surface area contributed by atoms with E-state index < -0.39 is 0 Å². The van der Waals surface area contributed by atoms with E-state index in [9.17, 15) is 0 Å². The van der Waals surface area contributed by atoms with Crippen molar-refractivity contribution in [1.82, 2.24) is 15.2 Å². The highest BCUT2D eigenvalue weighted by Crippen LogP contribution is 2.44.